The summed E-state index contributed by atoms with van der Waals surface area (Å²) in [5.41, 5.74) is 1.32. The Hall–Kier alpha value is -3.45. The van der Waals surface area contributed by atoms with E-state index in [0.717, 1.165) is 17.7 Å². The summed E-state index contributed by atoms with van der Waals surface area (Å²) in [4.78, 5) is 0.0487. The summed E-state index contributed by atoms with van der Waals surface area (Å²) in [5, 5.41) is 3.33. The van der Waals surface area contributed by atoms with Gasteiger partial charge in [-0.3, -0.25) is 5.32 Å². The molecule has 6 nitrogen and oxygen atoms in total. The molecular formula is C30H31FNO5PS. The van der Waals surface area contributed by atoms with Crippen molar-refractivity contribution in [2.45, 2.75) is 42.7 Å². The fourth-order valence-corrected chi connectivity index (χ4v) is 7.50. The number of nitrogens with one attached hydrogen (secondary N) is 1. The molecule has 4 aromatic carbocycles. The van der Waals surface area contributed by atoms with Crippen LogP contribution in [0.25, 0.3) is 0 Å². The van der Waals surface area contributed by atoms with Crippen LogP contribution < -0.4 is 14.4 Å². The standard InChI is InChI=1S/C30H31FNO5PS/c1-2-11-30(38(33,36-27-14-5-3-6-15-27)37-28-16-7-4-8-17-28)32-22-24-12-9-10-13-25(24)23-39(34,35)29-20-18-26(31)19-21-29/h3-10,12-21,30,32H,2,11,22-23H2,1H3. The highest BCUT2D eigenvalue weighted by Gasteiger charge is 2.38. The highest BCUT2D eigenvalue weighted by atomic mass is 32.2. The molecular weight excluding hydrogens is 536 g/mol. The Labute approximate surface area is 229 Å². The Morgan fingerprint density at radius 3 is 1.82 bits per heavy atom. The minimum atomic E-state index is -3.80. The van der Waals surface area contributed by atoms with Gasteiger partial charge in [0.2, 0.25) is 0 Å². The molecule has 1 atom stereocenters. The third-order valence-electron chi connectivity index (χ3n) is 6.06. The van der Waals surface area contributed by atoms with Crippen LogP contribution in [-0.2, 0) is 26.7 Å². The van der Waals surface area contributed by atoms with Crippen molar-refractivity contribution in [3.63, 3.8) is 0 Å². The maximum Gasteiger partial charge on any atom is 0.447 e. The van der Waals surface area contributed by atoms with E-state index in [2.05, 4.69) is 5.32 Å². The van der Waals surface area contributed by atoms with Gasteiger partial charge in [-0.25, -0.2) is 17.4 Å². The average Bonchev–Trinajstić information content (AvgIpc) is 2.93. The Bertz CT molecular complexity index is 1450. The van der Waals surface area contributed by atoms with E-state index in [1.165, 1.54) is 12.1 Å². The second kappa shape index (κ2) is 13.1. The summed E-state index contributed by atoms with van der Waals surface area (Å²) in [6.07, 6.45) is 1.20. The lowest BCUT2D eigenvalue weighted by atomic mass is 10.1. The maximum atomic E-state index is 14.4. The van der Waals surface area contributed by atoms with Gasteiger partial charge < -0.3 is 9.05 Å². The first-order chi connectivity index (χ1) is 18.8. The Morgan fingerprint density at radius 2 is 1.28 bits per heavy atom. The highest BCUT2D eigenvalue weighted by Crippen LogP contribution is 2.53. The van der Waals surface area contributed by atoms with Crippen LogP contribution in [0.4, 0.5) is 4.39 Å². The Morgan fingerprint density at radius 1 is 0.769 bits per heavy atom. The molecule has 0 fully saturated rings. The lowest BCUT2D eigenvalue weighted by Crippen LogP contribution is -2.32. The van der Waals surface area contributed by atoms with Gasteiger partial charge in [0.05, 0.1) is 10.6 Å². The van der Waals surface area contributed by atoms with E-state index in [1.54, 1.807) is 60.7 Å². The molecule has 0 saturated heterocycles. The van der Waals surface area contributed by atoms with Crippen LogP contribution in [0.5, 0.6) is 11.5 Å². The zero-order chi connectivity index (χ0) is 27.7. The number of hydrogen-bond donors (Lipinski definition) is 1. The van der Waals surface area contributed by atoms with Crippen molar-refractivity contribution >= 4 is 17.4 Å². The number of benzene rings is 4. The molecule has 0 aromatic heterocycles. The summed E-state index contributed by atoms with van der Waals surface area (Å²) >= 11 is 0. The fourth-order valence-electron chi connectivity index (χ4n) is 4.08. The van der Waals surface area contributed by atoms with Gasteiger partial charge in [0, 0.05) is 6.54 Å². The van der Waals surface area contributed by atoms with Gasteiger partial charge in [0.1, 0.15) is 23.1 Å². The van der Waals surface area contributed by atoms with Gasteiger partial charge in [-0.1, -0.05) is 74.0 Å². The highest BCUT2D eigenvalue weighted by molar-refractivity contribution is 7.90. The summed E-state index contributed by atoms with van der Waals surface area (Å²) in [6, 6.07) is 29.7. The molecule has 4 rings (SSSR count). The molecule has 0 saturated carbocycles. The van der Waals surface area contributed by atoms with E-state index in [-0.39, 0.29) is 17.2 Å². The molecule has 1 N–H and O–H groups in total. The number of para-hydroxylation sites is 2. The van der Waals surface area contributed by atoms with Crippen LogP contribution in [0.3, 0.4) is 0 Å². The second-order valence-electron chi connectivity index (χ2n) is 9.02. The number of sulfone groups is 1. The van der Waals surface area contributed by atoms with Crippen molar-refractivity contribution in [1.29, 1.82) is 0 Å². The topological polar surface area (TPSA) is 81.7 Å². The van der Waals surface area contributed by atoms with Crippen LogP contribution in [0.15, 0.2) is 114 Å². The van der Waals surface area contributed by atoms with Crippen LogP contribution in [0, 0.1) is 5.82 Å². The first-order valence-corrected chi connectivity index (χ1v) is 15.9. The third kappa shape index (κ3) is 7.79. The molecule has 1 unspecified atom stereocenters. The molecule has 4 aromatic rings. The molecule has 0 radical (unpaired) electrons. The van der Waals surface area contributed by atoms with E-state index in [0.29, 0.717) is 29.9 Å². The molecule has 0 aliphatic heterocycles. The van der Waals surface area contributed by atoms with Crippen molar-refractivity contribution in [1.82, 2.24) is 5.32 Å². The smallest absolute Gasteiger partial charge is 0.415 e. The summed E-state index contributed by atoms with van der Waals surface area (Å²) < 4.78 is 65.8. The molecule has 39 heavy (non-hydrogen) atoms. The van der Waals surface area contributed by atoms with Crippen molar-refractivity contribution in [2.24, 2.45) is 0 Å². The van der Waals surface area contributed by atoms with E-state index in [4.69, 9.17) is 9.05 Å². The molecule has 0 aliphatic carbocycles. The van der Waals surface area contributed by atoms with Gasteiger partial charge in [-0.2, -0.15) is 0 Å². The summed E-state index contributed by atoms with van der Waals surface area (Å²) in [5.74, 6) is -0.589. The van der Waals surface area contributed by atoms with Crippen LogP contribution >= 0.6 is 7.60 Å². The Balaban J connectivity index is 1.59. The van der Waals surface area contributed by atoms with Crippen molar-refractivity contribution in [3.05, 3.63) is 126 Å². The molecule has 0 aliphatic rings. The number of hydrogen-bond acceptors (Lipinski definition) is 6. The monoisotopic (exact) mass is 567 g/mol. The van der Waals surface area contributed by atoms with E-state index in [1.807, 2.05) is 31.2 Å². The van der Waals surface area contributed by atoms with Crippen LogP contribution in [-0.4, -0.2) is 14.2 Å². The minimum absolute atomic E-state index is 0.0487. The SMILES string of the molecule is CCCC(NCc1ccccc1CS(=O)(=O)c1ccc(F)cc1)P(=O)(Oc1ccccc1)Oc1ccccc1. The lowest BCUT2D eigenvalue weighted by Gasteiger charge is -2.28. The quantitative estimate of drug-likeness (QED) is 0.134. The number of rotatable bonds is 13. The van der Waals surface area contributed by atoms with Crippen molar-refractivity contribution in [3.8, 4) is 11.5 Å². The summed E-state index contributed by atoms with van der Waals surface area (Å²) in [7, 11) is -7.51. The Kier molecular flexibility index (Phi) is 9.57. The van der Waals surface area contributed by atoms with E-state index in [9.17, 15) is 17.4 Å². The first-order valence-electron chi connectivity index (χ1n) is 12.7. The van der Waals surface area contributed by atoms with Gasteiger partial charge in [0.25, 0.3) is 0 Å². The van der Waals surface area contributed by atoms with Gasteiger partial charge in [-0.05, 0) is 66.1 Å². The molecule has 0 spiro atoms. The molecule has 0 bridgehead atoms. The van der Waals surface area contributed by atoms with Crippen LogP contribution in [0.1, 0.15) is 30.9 Å². The summed E-state index contributed by atoms with van der Waals surface area (Å²) in [6.45, 7) is 2.22. The maximum absolute atomic E-state index is 14.4. The first kappa shape index (κ1) is 28.6. The lowest BCUT2D eigenvalue weighted by molar-refractivity contribution is 0.353. The molecule has 0 amide bonds. The molecule has 0 heterocycles. The zero-order valence-corrected chi connectivity index (χ0v) is 23.3. The molecule has 204 valence electrons. The minimum Gasteiger partial charge on any atom is -0.415 e. The van der Waals surface area contributed by atoms with Gasteiger partial charge >= 0.3 is 7.60 Å². The van der Waals surface area contributed by atoms with E-state index < -0.39 is 29.0 Å². The predicted octanol–water partition coefficient (Wildman–Crippen LogP) is 7.37. The van der Waals surface area contributed by atoms with E-state index >= 15 is 0 Å². The predicted molar refractivity (Wildman–Crippen MR) is 151 cm³/mol. The fraction of sp³-hybridized carbons (Fsp3) is 0.200. The van der Waals surface area contributed by atoms with Crippen molar-refractivity contribution < 1.29 is 26.4 Å². The largest absolute Gasteiger partial charge is 0.447 e. The number of halogens is 1. The van der Waals surface area contributed by atoms with Gasteiger partial charge in [0.15, 0.2) is 9.84 Å². The van der Waals surface area contributed by atoms with Crippen LogP contribution in [0.2, 0.25) is 0 Å². The molecule has 9 heteroatoms. The van der Waals surface area contributed by atoms with Gasteiger partial charge in [-0.15, -0.1) is 0 Å². The average molecular weight is 568 g/mol. The second-order valence-corrected chi connectivity index (χ2v) is 13.1. The van der Waals surface area contributed by atoms with Crippen molar-refractivity contribution in [2.75, 3.05) is 0 Å². The normalized spacial score (nSPS) is 12.6. The third-order valence-corrected chi connectivity index (χ3v) is 9.88. The zero-order valence-electron chi connectivity index (χ0n) is 21.6.